The summed E-state index contributed by atoms with van der Waals surface area (Å²) in [6.45, 7) is 4.27. The van der Waals surface area contributed by atoms with Crippen LogP contribution in [0.5, 0.6) is 0 Å². The number of carbonyl (C=O) groups is 1. The number of hydrogen-bond donors (Lipinski definition) is 11. The summed E-state index contributed by atoms with van der Waals surface area (Å²) in [5.74, 6) is -0.200. The van der Waals surface area contributed by atoms with Crippen LogP contribution in [0, 0.1) is 11.3 Å². The topological polar surface area (TPSA) is 261 Å². The maximum atomic E-state index is 13.0. The Labute approximate surface area is 263 Å². The summed E-state index contributed by atoms with van der Waals surface area (Å²) in [6, 6.07) is -2.98. The Bertz CT molecular complexity index is 1050. The number of aliphatic hydroxyl groups excluding tert-OH is 3. The number of aliphatic hydroxyl groups is 4. The van der Waals surface area contributed by atoms with E-state index in [-0.39, 0.29) is 24.4 Å². The van der Waals surface area contributed by atoms with Crippen LogP contribution in [0.4, 0.5) is 0 Å². The number of likely N-dealkylation sites (N-methyl/N-ethyl adjacent to an activating group) is 1. The van der Waals surface area contributed by atoms with Crippen LogP contribution in [0.15, 0.2) is 11.8 Å². The normalized spacial score (nSPS) is 42.2. The SMILES string of the molecule is CN[C@@H]1[C@@H](O)[C@@H](O[C@@H]2[C@@H](O)[C@H](O[C@H]3OC(CNCC4(CN)CC4)=CC[C@H]3N)[C@@H](N)C[C@H]2NC(=O)C(O)C2CNC2)OC[C@]1(C)O. The molecule has 2 aliphatic carbocycles. The molecule has 0 radical (unpaired) electrons. The largest absolute Gasteiger partial charge is 0.467 e. The predicted molar refractivity (Wildman–Crippen MR) is 161 cm³/mol. The van der Waals surface area contributed by atoms with Gasteiger partial charge >= 0.3 is 0 Å². The molecule has 0 aromatic heterocycles. The maximum absolute atomic E-state index is 13.0. The smallest absolute Gasteiger partial charge is 0.249 e. The molecule has 5 aliphatic rings. The van der Waals surface area contributed by atoms with Crippen LogP contribution in [0.2, 0.25) is 0 Å². The zero-order chi connectivity index (χ0) is 32.5. The molecule has 3 heterocycles. The van der Waals surface area contributed by atoms with Gasteiger partial charge in [0.15, 0.2) is 6.29 Å². The van der Waals surface area contributed by atoms with Crippen LogP contribution in [-0.2, 0) is 23.7 Å². The zero-order valence-electron chi connectivity index (χ0n) is 26.1. The molecule has 1 amide bonds. The van der Waals surface area contributed by atoms with Gasteiger partial charge in [-0.2, -0.15) is 0 Å². The van der Waals surface area contributed by atoms with Crippen molar-refractivity contribution in [1.82, 2.24) is 21.3 Å². The van der Waals surface area contributed by atoms with Crippen LogP contribution in [-0.4, -0.2) is 146 Å². The molecule has 2 saturated heterocycles. The van der Waals surface area contributed by atoms with Gasteiger partial charge in [0.1, 0.15) is 41.9 Å². The first-order valence-corrected chi connectivity index (χ1v) is 16.0. The van der Waals surface area contributed by atoms with Crippen LogP contribution < -0.4 is 38.5 Å². The Morgan fingerprint density at radius 3 is 2.49 bits per heavy atom. The molecular formula is C29H53N7O9. The minimum atomic E-state index is -1.42. The van der Waals surface area contributed by atoms with Gasteiger partial charge in [0.2, 0.25) is 12.2 Å². The van der Waals surface area contributed by atoms with Gasteiger partial charge in [-0.25, -0.2) is 0 Å². The fourth-order valence-corrected chi connectivity index (χ4v) is 6.62. The van der Waals surface area contributed by atoms with Crippen molar-refractivity contribution in [2.24, 2.45) is 28.5 Å². The van der Waals surface area contributed by atoms with Crippen molar-refractivity contribution in [2.75, 3.05) is 46.4 Å². The second kappa shape index (κ2) is 14.3. The second-order valence-corrected chi connectivity index (χ2v) is 13.7. The Morgan fingerprint density at radius 2 is 1.87 bits per heavy atom. The van der Waals surface area contributed by atoms with Crippen LogP contribution >= 0.6 is 0 Å². The van der Waals surface area contributed by atoms with Crippen molar-refractivity contribution in [1.29, 1.82) is 0 Å². The maximum Gasteiger partial charge on any atom is 0.249 e. The van der Waals surface area contributed by atoms with Crippen molar-refractivity contribution in [3.8, 4) is 0 Å². The van der Waals surface area contributed by atoms with Crippen LogP contribution in [0.3, 0.4) is 0 Å². The Balaban J connectivity index is 1.27. The quantitative estimate of drug-likeness (QED) is 0.0900. The molecule has 0 aromatic rings. The van der Waals surface area contributed by atoms with Crippen LogP contribution in [0.1, 0.15) is 32.6 Å². The number of nitrogens with one attached hydrogen (secondary N) is 4. The van der Waals surface area contributed by atoms with E-state index in [1.807, 2.05) is 6.08 Å². The first kappa shape index (κ1) is 34.8. The van der Waals surface area contributed by atoms with E-state index in [1.54, 1.807) is 7.05 Å². The van der Waals surface area contributed by atoms with Crippen molar-refractivity contribution in [3.63, 3.8) is 0 Å². The first-order valence-electron chi connectivity index (χ1n) is 16.0. The van der Waals surface area contributed by atoms with Gasteiger partial charge in [-0.15, -0.1) is 0 Å². The summed E-state index contributed by atoms with van der Waals surface area (Å²) in [5.41, 5.74) is 17.5. The zero-order valence-corrected chi connectivity index (χ0v) is 26.1. The van der Waals surface area contributed by atoms with E-state index in [0.29, 0.717) is 38.4 Å². The average molecular weight is 644 g/mol. The van der Waals surface area contributed by atoms with Crippen molar-refractivity contribution < 1.29 is 44.2 Å². The summed E-state index contributed by atoms with van der Waals surface area (Å²) in [5, 5.41) is 56.1. The third-order valence-corrected chi connectivity index (χ3v) is 10.0. The minimum absolute atomic E-state index is 0.108. The van der Waals surface area contributed by atoms with Crippen LogP contribution in [0.25, 0.3) is 0 Å². The van der Waals surface area contributed by atoms with Crippen molar-refractivity contribution >= 4 is 5.91 Å². The van der Waals surface area contributed by atoms with E-state index in [9.17, 15) is 25.2 Å². The molecule has 5 rings (SSSR count). The van der Waals surface area contributed by atoms with E-state index >= 15 is 0 Å². The van der Waals surface area contributed by atoms with Gasteiger partial charge in [0.25, 0.3) is 0 Å². The summed E-state index contributed by atoms with van der Waals surface area (Å²) in [7, 11) is 1.59. The molecule has 3 aliphatic heterocycles. The lowest BCUT2D eigenvalue weighted by molar-refractivity contribution is -0.304. The average Bonchev–Trinajstić information content (AvgIpc) is 3.75. The Morgan fingerprint density at radius 1 is 1.16 bits per heavy atom. The lowest BCUT2D eigenvalue weighted by Gasteiger charge is -2.49. The number of carbonyl (C=O) groups excluding carboxylic acids is 1. The molecule has 16 heteroatoms. The number of nitrogens with two attached hydrogens (primary N) is 3. The van der Waals surface area contributed by atoms with Gasteiger partial charge in [-0.05, 0) is 57.7 Å². The van der Waals surface area contributed by atoms with E-state index < -0.39 is 78.8 Å². The number of ether oxygens (including phenoxy) is 4. The highest BCUT2D eigenvalue weighted by Crippen LogP contribution is 2.43. The summed E-state index contributed by atoms with van der Waals surface area (Å²) < 4.78 is 24.2. The highest BCUT2D eigenvalue weighted by molar-refractivity contribution is 5.81. The number of amides is 1. The highest BCUT2D eigenvalue weighted by atomic mass is 16.7. The molecule has 12 atom stereocenters. The van der Waals surface area contributed by atoms with E-state index in [2.05, 4.69) is 21.3 Å². The molecule has 16 nitrogen and oxygen atoms in total. The molecule has 0 spiro atoms. The molecule has 1 unspecified atom stereocenters. The van der Waals surface area contributed by atoms with E-state index in [4.69, 9.17) is 36.1 Å². The summed E-state index contributed by atoms with van der Waals surface area (Å²) >= 11 is 0. The van der Waals surface area contributed by atoms with Gasteiger partial charge in [-0.1, -0.05) is 0 Å². The number of hydrogen-bond acceptors (Lipinski definition) is 15. The van der Waals surface area contributed by atoms with Gasteiger partial charge in [0.05, 0.1) is 31.3 Å². The summed E-state index contributed by atoms with van der Waals surface area (Å²) in [4.78, 5) is 13.0. The fourth-order valence-electron chi connectivity index (χ4n) is 6.62. The van der Waals surface area contributed by atoms with E-state index in [0.717, 1.165) is 19.4 Å². The standard InChI is InChI=1S/C29H53N7O9/c1-28(41)13-42-27(21(39)24(28)33-2)45-23-18(36-25(40)19(37)14-8-34-9-14)7-17(32)22(20(23)38)44-26-16(31)4-3-15(43-26)10-35-12-29(11-30)5-6-29/h3,14,16-24,26-27,33-35,37-39,41H,4-13,30-32H2,1-2H3,(H,36,40)/t16-,17+,18-,19?,20+,21-,22-,23+,24-,26-,27-,28+/m1/s1. The lowest BCUT2D eigenvalue weighted by atomic mass is 9.83. The molecule has 258 valence electrons. The molecular weight excluding hydrogens is 590 g/mol. The molecule has 14 N–H and O–H groups in total. The highest BCUT2D eigenvalue weighted by Gasteiger charge is 2.52. The molecule has 0 aromatic carbocycles. The molecule has 0 bridgehead atoms. The van der Waals surface area contributed by atoms with Gasteiger partial charge < -0.3 is 77.8 Å². The predicted octanol–water partition coefficient (Wildman–Crippen LogP) is -4.74. The van der Waals surface area contributed by atoms with E-state index in [1.165, 1.54) is 6.92 Å². The van der Waals surface area contributed by atoms with Gasteiger partial charge in [0, 0.05) is 31.6 Å². The third kappa shape index (κ3) is 7.80. The molecule has 2 saturated carbocycles. The molecule has 45 heavy (non-hydrogen) atoms. The monoisotopic (exact) mass is 643 g/mol. The lowest BCUT2D eigenvalue weighted by Crippen LogP contribution is -2.69. The van der Waals surface area contributed by atoms with Gasteiger partial charge in [-0.3, -0.25) is 4.79 Å². The second-order valence-electron chi connectivity index (χ2n) is 13.7. The Kier molecular flexibility index (Phi) is 11.1. The van der Waals surface area contributed by atoms with Crippen molar-refractivity contribution in [2.45, 2.75) is 105 Å². The van der Waals surface area contributed by atoms with Crippen molar-refractivity contribution in [3.05, 3.63) is 11.8 Å². The summed E-state index contributed by atoms with van der Waals surface area (Å²) in [6.07, 6.45) is -3.68. The third-order valence-electron chi connectivity index (χ3n) is 10.0. The first-order chi connectivity index (χ1) is 21.4. The number of rotatable bonds is 13. The Hall–Kier alpha value is -1.51. The minimum Gasteiger partial charge on any atom is -0.467 e. The fraction of sp³-hybridized carbons (Fsp3) is 0.897. The molecule has 4 fully saturated rings.